The summed E-state index contributed by atoms with van der Waals surface area (Å²) in [7, 11) is 0. The summed E-state index contributed by atoms with van der Waals surface area (Å²) in [5.41, 5.74) is 3.50. The molecule has 1 amide bonds. The van der Waals surface area contributed by atoms with E-state index in [0.29, 0.717) is 21.7 Å². The van der Waals surface area contributed by atoms with E-state index in [1.54, 1.807) is 35.0 Å². The molecule has 0 bridgehead atoms. The van der Waals surface area contributed by atoms with Crippen molar-refractivity contribution < 1.29 is 4.79 Å². The largest absolute Gasteiger partial charge is 0.307 e. The summed E-state index contributed by atoms with van der Waals surface area (Å²) in [4.78, 5) is 17.2. The average Bonchev–Trinajstić information content (AvgIpc) is 3.09. The quantitative estimate of drug-likeness (QED) is 0.399. The van der Waals surface area contributed by atoms with Crippen molar-refractivity contribution in [3.05, 3.63) is 87.5 Å². The maximum atomic E-state index is 12.5. The molecule has 7 heteroatoms. The first kappa shape index (κ1) is 20.1. The number of rotatable bonds is 4. The smallest absolute Gasteiger partial charge is 0.249 e. The van der Waals surface area contributed by atoms with Gasteiger partial charge in [0.1, 0.15) is 5.82 Å². The van der Waals surface area contributed by atoms with E-state index in [1.807, 2.05) is 44.2 Å². The van der Waals surface area contributed by atoms with Gasteiger partial charge in [-0.25, -0.2) is 4.98 Å². The molecule has 0 saturated heterocycles. The molecule has 0 spiro atoms. The predicted molar refractivity (Wildman–Crippen MR) is 122 cm³/mol. The lowest BCUT2D eigenvalue weighted by Gasteiger charge is -2.10. The molecule has 150 valence electrons. The third-order valence-electron chi connectivity index (χ3n) is 4.58. The van der Waals surface area contributed by atoms with Crippen molar-refractivity contribution >= 4 is 51.9 Å². The molecule has 2 aromatic heterocycles. The van der Waals surface area contributed by atoms with Gasteiger partial charge in [-0.3, -0.25) is 4.79 Å². The Kier molecular flexibility index (Phi) is 5.57. The van der Waals surface area contributed by atoms with E-state index in [-0.39, 0.29) is 5.91 Å². The Morgan fingerprint density at radius 3 is 2.63 bits per heavy atom. The Hall–Kier alpha value is -3.15. The highest BCUT2D eigenvalue weighted by molar-refractivity contribution is 6.42. The number of halogens is 2. The van der Waals surface area contributed by atoms with Gasteiger partial charge in [0.2, 0.25) is 5.91 Å². The minimum absolute atomic E-state index is 0.292. The van der Waals surface area contributed by atoms with Gasteiger partial charge in [0, 0.05) is 17.5 Å². The number of fused-ring (bicyclic) bond motifs is 1. The summed E-state index contributed by atoms with van der Waals surface area (Å²) in [6, 6.07) is 16.9. The predicted octanol–water partition coefficient (Wildman–Crippen LogP) is 6.00. The van der Waals surface area contributed by atoms with Crippen LogP contribution >= 0.6 is 23.2 Å². The van der Waals surface area contributed by atoms with E-state index in [0.717, 1.165) is 27.7 Å². The molecule has 0 radical (unpaired) electrons. The number of aryl methyl sites for hydroxylation is 2. The number of aromatic nitrogens is 3. The van der Waals surface area contributed by atoms with Crippen molar-refractivity contribution in [1.82, 2.24) is 14.8 Å². The standard InChI is InChI=1S/C23H18Cl2N4O/c1-14-11-21(26-20-6-4-3-5-17(14)20)29-22(12-15(2)28-29)27-23(30)10-8-16-7-9-18(24)19(25)13-16/h3-13H,1-2H3,(H,27,30)/b10-8+. The van der Waals surface area contributed by atoms with Crippen LogP contribution in [0.1, 0.15) is 16.8 Å². The summed E-state index contributed by atoms with van der Waals surface area (Å²) in [6.07, 6.45) is 3.11. The molecule has 0 unspecified atom stereocenters. The fourth-order valence-corrected chi connectivity index (χ4v) is 3.47. The molecule has 0 aliphatic carbocycles. The Balaban J connectivity index is 1.61. The van der Waals surface area contributed by atoms with Gasteiger partial charge in [0.15, 0.2) is 5.82 Å². The zero-order valence-electron chi connectivity index (χ0n) is 16.4. The van der Waals surface area contributed by atoms with Crippen molar-refractivity contribution in [3.63, 3.8) is 0 Å². The molecule has 5 nitrogen and oxygen atoms in total. The number of para-hydroxylation sites is 1. The number of carbonyl (C=O) groups is 1. The van der Waals surface area contributed by atoms with E-state index in [9.17, 15) is 4.79 Å². The summed E-state index contributed by atoms with van der Waals surface area (Å²) < 4.78 is 1.64. The molecule has 2 aromatic carbocycles. The zero-order chi connectivity index (χ0) is 21.3. The lowest BCUT2D eigenvalue weighted by molar-refractivity contribution is -0.111. The van der Waals surface area contributed by atoms with Gasteiger partial charge in [-0.1, -0.05) is 47.5 Å². The molecule has 0 fully saturated rings. The number of carbonyl (C=O) groups excluding carboxylic acids is 1. The number of nitrogens with zero attached hydrogens (tertiary/aromatic N) is 3. The van der Waals surface area contributed by atoms with Crippen LogP contribution in [-0.4, -0.2) is 20.7 Å². The molecule has 0 aliphatic heterocycles. The topological polar surface area (TPSA) is 59.8 Å². The van der Waals surface area contributed by atoms with Crippen LogP contribution < -0.4 is 5.32 Å². The van der Waals surface area contributed by atoms with E-state index < -0.39 is 0 Å². The van der Waals surface area contributed by atoms with Crippen LogP contribution in [-0.2, 0) is 4.79 Å². The molecule has 0 saturated carbocycles. The third kappa shape index (κ3) is 4.22. The highest BCUT2D eigenvalue weighted by Crippen LogP contribution is 2.24. The van der Waals surface area contributed by atoms with Crippen molar-refractivity contribution in [2.45, 2.75) is 13.8 Å². The maximum Gasteiger partial charge on any atom is 0.249 e. The van der Waals surface area contributed by atoms with E-state index in [1.165, 1.54) is 6.08 Å². The summed E-state index contributed by atoms with van der Waals surface area (Å²) in [5.74, 6) is 0.890. The molecule has 1 N–H and O–H groups in total. The van der Waals surface area contributed by atoms with Crippen molar-refractivity contribution in [1.29, 1.82) is 0 Å². The number of hydrogen-bond acceptors (Lipinski definition) is 3. The van der Waals surface area contributed by atoms with Crippen molar-refractivity contribution in [2.24, 2.45) is 0 Å². The normalized spacial score (nSPS) is 11.3. The van der Waals surface area contributed by atoms with Gasteiger partial charge >= 0.3 is 0 Å². The van der Waals surface area contributed by atoms with Gasteiger partial charge in [0.05, 0.1) is 21.3 Å². The van der Waals surface area contributed by atoms with E-state index in [4.69, 9.17) is 28.2 Å². The summed E-state index contributed by atoms with van der Waals surface area (Å²) >= 11 is 11.9. The van der Waals surface area contributed by atoms with Crippen molar-refractivity contribution in [3.8, 4) is 5.82 Å². The first-order valence-electron chi connectivity index (χ1n) is 9.28. The third-order valence-corrected chi connectivity index (χ3v) is 5.32. The number of nitrogens with one attached hydrogen (secondary N) is 1. The maximum absolute atomic E-state index is 12.5. The lowest BCUT2D eigenvalue weighted by Crippen LogP contribution is -2.13. The monoisotopic (exact) mass is 436 g/mol. The van der Waals surface area contributed by atoms with E-state index >= 15 is 0 Å². The molecule has 0 aliphatic rings. The first-order valence-corrected chi connectivity index (χ1v) is 10.0. The van der Waals surface area contributed by atoms with Gasteiger partial charge in [-0.05, 0) is 55.3 Å². The second kappa shape index (κ2) is 8.30. The Bertz CT molecular complexity index is 1290. The highest BCUT2D eigenvalue weighted by atomic mass is 35.5. The minimum Gasteiger partial charge on any atom is -0.307 e. The summed E-state index contributed by atoms with van der Waals surface area (Å²) in [5, 5.41) is 9.36. The second-order valence-electron chi connectivity index (χ2n) is 6.89. The highest BCUT2D eigenvalue weighted by Gasteiger charge is 2.12. The number of hydrogen-bond donors (Lipinski definition) is 1. The molecule has 30 heavy (non-hydrogen) atoms. The number of pyridine rings is 1. The van der Waals surface area contributed by atoms with Crippen LogP contribution in [0.2, 0.25) is 10.0 Å². The fourth-order valence-electron chi connectivity index (χ4n) is 3.16. The Labute approximate surface area is 184 Å². The number of benzene rings is 2. The fraction of sp³-hybridized carbons (Fsp3) is 0.0870. The Morgan fingerprint density at radius 2 is 1.83 bits per heavy atom. The number of amides is 1. The van der Waals surface area contributed by atoms with Crippen molar-refractivity contribution in [2.75, 3.05) is 5.32 Å². The molecule has 2 heterocycles. The first-order chi connectivity index (χ1) is 14.4. The van der Waals surface area contributed by atoms with Crippen LogP contribution in [0.15, 0.2) is 60.7 Å². The van der Waals surface area contributed by atoms with Gasteiger partial charge in [0.25, 0.3) is 0 Å². The zero-order valence-corrected chi connectivity index (χ0v) is 17.9. The molecular formula is C23H18Cl2N4O. The second-order valence-corrected chi connectivity index (χ2v) is 7.71. The van der Waals surface area contributed by atoms with Crippen LogP contribution in [0.3, 0.4) is 0 Å². The summed E-state index contributed by atoms with van der Waals surface area (Å²) in [6.45, 7) is 3.90. The Morgan fingerprint density at radius 1 is 1.03 bits per heavy atom. The average molecular weight is 437 g/mol. The van der Waals surface area contributed by atoms with Crippen LogP contribution in [0.5, 0.6) is 0 Å². The molecule has 4 rings (SSSR count). The van der Waals surface area contributed by atoms with Gasteiger partial charge in [-0.2, -0.15) is 9.78 Å². The van der Waals surface area contributed by atoms with Crippen LogP contribution in [0, 0.1) is 13.8 Å². The molecular weight excluding hydrogens is 419 g/mol. The lowest BCUT2D eigenvalue weighted by atomic mass is 10.1. The van der Waals surface area contributed by atoms with Gasteiger partial charge in [-0.15, -0.1) is 0 Å². The van der Waals surface area contributed by atoms with Gasteiger partial charge < -0.3 is 5.32 Å². The minimum atomic E-state index is -0.292. The van der Waals surface area contributed by atoms with E-state index in [2.05, 4.69) is 10.4 Å². The number of anilines is 1. The van der Waals surface area contributed by atoms with Crippen LogP contribution in [0.4, 0.5) is 5.82 Å². The molecule has 0 atom stereocenters. The van der Waals surface area contributed by atoms with Crippen LogP contribution in [0.25, 0.3) is 22.8 Å². The SMILES string of the molecule is Cc1cc(NC(=O)/C=C/c2ccc(Cl)c(Cl)c2)n(-c2cc(C)c3ccccc3n2)n1. The molecule has 4 aromatic rings.